The topological polar surface area (TPSA) is 61.4 Å². The lowest BCUT2D eigenvalue weighted by Crippen LogP contribution is -2.40. The lowest BCUT2D eigenvalue weighted by molar-refractivity contribution is -0.115. The zero-order chi connectivity index (χ0) is 13.6. The number of nitrogens with one attached hydrogen (secondary N) is 2. The number of carbonyl (C=O) groups excluding carboxylic acids is 1. The zero-order valence-corrected chi connectivity index (χ0v) is 11.3. The van der Waals surface area contributed by atoms with Crippen LogP contribution in [0, 0.1) is 6.92 Å². The van der Waals surface area contributed by atoms with Gasteiger partial charge in [0.15, 0.2) is 0 Å². The molecule has 0 spiro atoms. The summed E-state index contributed by atoms with van der Waals surface area (Å²) in [5.74, 6) is -0.101. The summed E-state index contributed by atoms with van der Waals surface area (Å²) in [5, 5.41) is 15.6. The van der Waals surface area contributed by atoms with E-state index >= 15 is 0 Å². The Morgan fingerprint density at radius 2 is 2.06 bits per heavy atom. The summed E-state index contributed by atoms with van der Waals surface area (Å²) in [5.41, 5.74) is 1.10. The maximum atomic E-state index is 11.7. The van der Waals surface area contributed by atoms with Crippen molar-refractivity contribution in [2.24, 2.45) is 0 Å². The van der Waals surface area contributed by atoms with Gasteiger partial charge in [-0.3, -0.25) is 4.79 Å². The van der Waals surface area contributed by atoms with Crippen molar-refractivity contribution in [3.8, 4) is 0 Å². The third-order valence-electron chi connectivity index (χ3n) is 2.97. The molecule has 0 aliphatic rings. The average molecular weight is 250 g/mol. The SMILES string of the molecule is CCC(C)(O)CNCC(=O)Nc1ccccc1C. The van der Waals surface area contributed by atoms with E-state index in [1.54, 1.807) is 6.92 Å². The van der Waals surface area contributed by atoms with Crippen LogP contribution in [0.3, 0.4) is 0 Å². The van der Waals surface area contributed by atoms with Crippen molar-refractivity contribution in [3.63, 3.8) is 0 Å². The molecular formula is C14H22N2O2. The maximum absolute atomic E-state index is 11.7. The Morgan fingerprint density at radius 3 is 2.67 bits per heavy atom. The number of hydrogen-bond donors (Lipinski definition) is 3. The lowest BCUT2D eigenvalue weighted by atomic mass is 10.0. The minimum Gasteiger partial charge on any atom is -0.389 e. The van der Waals surface area contributed by atoms with Gasteiger partial charge in [0.05, 0.1) is 12.1 Å². The molecule has 0 aliphatic carbocycles. The van der Waals surface area contributed by atoms with Crippen LogP contribution in [0.2, 0.25) is 0 Å². The van der Waals surface area contributed by atoms with Gasteiger partial charge in [0.25, 0.3) is 0 Å². The molecule has 0 fully saturated rings. The Morgan fingerprint density at radius 1 is 1.39 bits per heavy atom. The Hall–Kier alpha value is -1.39. The molecule has 100 valence electrons. The van der Waals surface area contributed by atoms with Crippen LogP contribution in [0.25, 0.3) is 0 Å². The minimum absolute atomic E-state index is 0.101. The van der Waals surface area contributed by atoms with E-state index in [1.165, 1.54) is 0 Å². The Balaban J connectivity index is 2.37. The van der Waals surface area contributed by atoms with E-state index in [0.29, 0.717) is 13.0 Å². The quantitative estimate of drug-likeness (QED) is 0.720. The van der Waals surface area contributed by atoms with Crippen molar-refractivity contribution < 1.29 is 9.90 Å². The molecule has 0 bridgehead atoms. The fourth-order valence-corrected chi connectivity index (χ4v) is 1.48. The largest absolute Gasteiger partial charge is 0.389 e. The molecule has 0 aromatic heterocycles. The normalized spacial score (nSPS) is 14.0. The number of anilines is 1. The highest BCUT2D eigenvalue weighted by atomic mass is 16.3. The van der Waals surface area contributed by atoms with E-state index in [9.17, 15) is 9.90 Å². The van der Waals surface area contributed by atoms with E-state index in [0.717, 1.165) is 11.3 Å². The number of carbonyl (C=O) groups is 1. The number of amides is 1. The van der Waals surface area contributed by atoms with Gasteiger partial charge in [-0.15, -0.1) is 0 Å². The zero-order valence-electron chi connectivity index (χ0n) is 11.3. The highest BCUT2D eigenvalue weighted by molar-refractivity contribution is 5.92. The van der Waals surface area contributed by atoms with Gasteiger partial charge in [0.1, 0.15) is 0 Å². The van der Waals surface area contributed by atoms with Crippen LogP contribution in [0.15, 0.2) is 24.3 Å². The van der Waals surface area contributed by atoms with E-state index in [1.807, 2.05) is 38.1 Å². The first kappa shape index (κ1) is 14.7. The summed E-state index contributed by atoms with van der Waals surface area (Å²) in [6, 6.07) is 7.64. The van der Waals surface area contributed by atoms with Crippen molar-refractivity contribution in [2.75, 3.05) is 18.4 Å². The molecule has 1 unspecified atom stereocenters. The van der Waals surface area contributed by atoms with Gasteiger partial charge < -0.3 is 15.7 Å². The average Bonchev–Trinajstić information content (AvgIpc) is 2.32. The molecule has 0 saturated carbocycles. The Labute approximate surface area is 108 Å². The van der Waals surface area contributed by atoms with Gasteiger partial charge in [-0.1, -0.05) is 25.1 Å². The fourth-order valence-electron chi connectivity index (χ4n) is 1.48. The molecule has 0 aliphatic heterocycles. The number of aryl methyl sites for hydroxylation is 1. The van der Waals surface area contributed by atoms with Crippen LogP contribution in [0.4, 0.5) is 5.69 Å². The molecule has 1 aromatic carbocycles. The van der Waals surface area contributed by atoms with Crippen molar-refractivity contribution in [1.82, 2.24) is 5.32 Å². The molecule has 3 N–H and O–H groups in total. The molecule has 1 aromatic rings. The van der Waals surface area contributed by atoms with Gasteiger partial charge >= 0.3 is 0 Å². The van der Waals surface area contributed by atoms with Gasteiger partial charge in [-0.05, 0) is 31.9 Å². The van der Waals surface area contributed by atoms with E-state index in [4.69, 9.17) is 0 Å². The fraction of sp³-hybridized carbons (Fsp3) is 0.500. The summed E-state index contributed by atoms with van der Waals surface area (Å²) in [6.07, 6.45) is 0.652. The van der Waals surface area contributed by atoms with Gasteiger partial charge in [0, 0.05) is 12.2 Å². The smallest absolute Gasteiger partial charge is 0.238 e. The summed E-state index contributed by atoms with van der Waals surface area (Å²) < 4.78 is 0. The second-order valence-corrected chi connectivity index (χ2v) is 4.82. The first-order chi connectivity index (χ1) is 8.44. The van der Waals surface area contributed by atoms with Crippen LogP contribution < -0.4 is 10.6 Å². The Kier molecular flexibility index (Phi) is 5.31. The van der Waals surface area contributed by atoms with E-state index in [2.05, 4.69) is 10.6 Å². The number of aliphatic hydroxyl groups is 1. The second kappa shape index (κ2) is 6.52. The first-order valence-electron chi connectivity index (χ1n) is 6.23. The van der Waals surface area contributed by atoms with Gasteiger partial charge in [-0.2, -0.15) is 0 Å². The number of benzene rings is 1. The molecule has 1 amide bonds. The van der Waals surface area contributed by atoms with Crippen LogP contribution in [-0.4, -0.2) is 29.7 Å². The van der Waals surface area contributed by atoms with Crippen molar-refractivity contribution in [1.29, 1.82) is 0 Å². The third kappa shape index (κ3) is 4.85. The molecule has 1 rings (SSSR count). The van der Waals surface area contributed by atoms with Crippen LogP contribution in [-0.2, 0) is 4.79 Å². The van der Waals surface area contributed by atoms with Crippen molar-refractivity contribution >= 4 is 11.6 Å². The molecule has 4 nitrogen and oxygen atoms in total. The molecule has 0 radical (unpaired) electrons. The second-order valence-electron chi connectivity index (χ2n) is 4.82. The Bertz CT molecular complexity index is 403. The summed E-state index contributed by atoms with van der Waals surface area (Å²) in [4.78, 5) is 11.7. The van der Waals surface area contributed by atoms with E-state index < -0.39 is 5.60 Å². The van der Waals surface area contributed by atoms with Crippen LogP contribution in [0.1, 0.15) is 25.8 Å². The molecular weight excluding hydrogens is 228 g/mol. The van der Waals surface area contributed by atoms with Crippen molar-refractivity contribution in [3.05, 3.63) is 29.8 Å². The lowest BCUT2D eigenvalue weighted by Gasteiger charge is -2.21. The highest BCUT2D eigenvalue weighted by Gasteiger charge is 2.17. The standard InChI is InChI=1S/C14H22N2O2/c1-4-14(3,18)10-15-9-13(17)16-12-8-6-5-7-11(12)2/h5-8,15,18H,4,9-10H2,1-3H3,(H,16,17). The summed E-state index contributed by atoms with van der Waals surface area (Å²) in [6.45, 7) is 6.22. The van der Waals surface area contributed by atoms with Gasteiger partial charge in [-0.25, -0.2) is 0 Å². The molecule has 4 heteroatoms. The molecule has 18 heavy (non-hydrogen) atoms. The van der Waals surface area contributed by atoms with Crippen LogP contribution in [0.5, 0.6) is 0 Å². The summed E-state index contributed by atoms with van der Waals surface area (Å²) in [7, 11) is 0. The predicted octanol–water partition coefficient (Wildman–Crippen LogP) is 1.68. The highest BCUT2D eigenvalue weighted by Crippen LogP contribution is 2.12. The molecule has 0 saturated heterocycles. The number of para-hydroxylation sites is 1. The maximum Gasteiger partial charge on any atom is 0.238 e. The minimum atomic E-state index is -0.761. The first-order valence-corrected chi connectivity index (χ1v) is 6.23. The third-order valence-corrected chi connectivity index (χ3v) is 2.97. The van der Waals surface area contributed by atoms with Crippen LogP contribution >= 0.6 is 0 Å². The van der Waals surface area contributed by atoms with E-state index in [-0.39, 0.29) is 12.5 Å². The number of hydrogen-bond acceptors (Lipinski definition) is 3. The molecule has 0 heterocycles. The monoisotopic (exact) mass is 250 g/mol. The number of rotatable bonds is 6. The molecule has 1 atom stereocenters. The van der Waals surface area contributed by atoms with Gasteiger partial charge in [0.2, 0.25) is 5.91 Å². The van der Waals surface area contributed by atoms with Crippen molar-refractivity contribution in [2.45, 2.75) is 32.8 Å². The summed E-state index contributed by atoms with van der Waals surface area (Å²) >= 11 is 0. The predicted molar refractivity (Wildman–Crippen MR) is 73.6 cm³/mol.